The first kappa shape index (κ1) is 14.0. The van der Waals surface area contributed by atoms with E-state index >= 15 is 0 Å². The van der Waals surface area contributed by atoms with Gasteiger partial charge < -0.3 is 19.8 Å². The lowest BCUT2D eigenvalue weighted by atomic mass is 9.93. The van der Waals surface area contributed by atoms with Crippen molar-refractivity contribution in [1.82, 2.24) is 4.57 Å². The van der Waals surface area contributed by atoms with Crippen molar-refractivity contribution in [2.75, 3.05) is 14.2 Å². The van der Waals surface area contributed by atoms with Crippen molar-refractivity contribution in [3.05, 3.63) is 41.2 Å². The summed E-state index contributed by atoms with van der Waals surface area (Å²) >= 11 is 0. The first-order chi connectivity index (χ1) is 10.2. The lowest BCUT2D eigenvalue weighted by Crippen LogP contribution is -2.18. The molecule has 1 aromatic heterocycles. The van der Waals surface area contributed by atoms with Crippen LogP contribution >= 0.6 is 0 Å². The molecular weight excluding hydrogens is 264 g/mol. The van der Waals surface area contributed by atoms with E-state index in [0.717, 1.165) is 36.4 Å². The molecule has 21 heavy (non-hydrogen) atoms. The van der Waals surface area contributed by atoms with Crippen molar-refractivity contribution in [2.24, 2.45) is 5.73 Å². The van der Waals surface area contributed by atoms with Gasteiger partial charge in [0.2, 0.25) is 0 Å². The highest BCUT2D eigenvalue weighted by Gasteiger charge is 2.24. The number of methoxy groups -OCH3 is 2. The van der Waals surface area contributed by atoms with Gasteiger partial charge in [0, 0.05) is 23.5 Å². The van der Waals surface area contributed by atoms with Crippen LogP contribution in [-0.4, -0.2) is 18.8 Å². The SMILES string of the molecule is COc1ccc(-n2c(C)cc3c2CCCC3N)c(OC)c1. The number of aryl methyl sites for hydroxylation is 1. The highest BCUT2D eigenvalue weighted by atomic mass is 16.5. The van der Waals surface area contributed by atoms with Crippen LogP contribution in [0.2, 0.25) is 0 Å². The zero-order valence-corrected chi connectivity index (χ0v) is 12.8. The predicted molar refractivity (Wildman–Crippen MR) is 83.5 cm³/mol. The predicted octanol–water partition coefficient (Wildman–Crippen LogP) is 3.14. The van der Waals surface area contributed by atoms with E-state index in [2.05, 4.69) is 17.6 Å². The molecule has 1 aliphatic rings. The maximum atomic E-state index is 6.26. The van der Waals surface area contributed by atoms with Crippen molar-refractivity contribution in [3.8, 4) is 17.2 Å². The molecule has 0 amide bonds. The van der Waals surface area contributed by atoms with Crippen molar-refractivity contribution < 1.29 is 9.47 Å². The first-order valence-corrected chi connectivity index (χ1v) is 7.34. The summed E-state index contributed by atoms with van der Waals surface area (Å²) in [6, 6.07) is 8.29. The Balaban J connectivity index is 2.17. The smallest absolute Gasteiger partial charge is 0.146 e. The summed E-state index contributed by atoms with van der Waals surface area (Å²) in [6.07, 6.45) is 3.26. The van der Waals surface area contributed by atoms with Crippen LogP contribution in [-0.2, 0) is 6.42 Å². The van der Waals surface area contributed by atoms with E-state index < -0.39 is 0 Å². The van der Waals surface area contributed by atoms with E-state index in [1.807, 2.05) is 18.2 Å². The van der Waals surface area contributed by atoms with Crippen molar-refractivity contribution in [3.63, 3.8) is 0 Å². The van der Waals surface area contributed by atoms with E-state index in [1.54, 1.807) is 14.2 Å². The molecule has 0 bridgehead atoms. The largest absolute Gasteiger partial charge is 0.497 e. The number of ether oxygens (including phenoxy) is 2. The number of benzene rings is 1. The second-order valence-corrected chi connectivity index (χ2v) is 5.56. The van der Waals surface area contributed by atoms with E-state index in [-0.39, 0.29) is 6.04 Å². The summed E-state index contributed by atoms with van der Waals surface area (Å²) < 4.78 is 13.1. The van der Waals surface area contributed by atoms with E-state index in [9.17, 15) is 0 Å². The second-order valence-electron chi connectivity index (χ2n) is 5.56. The zero-order valence-electron chi connectivity index (χ0n) is 12.8. The second kappa shape index (κ2) is 5.45. The third-order valence-corrected chi connectivity index (χ3v) is 4.28. The monoisotopic (exact) mass is 286 g/mol. The van der Waals surface area contributed by atoms with Crippen LogP contribution < -0.4 is 15.2 Å². The van der Waals surface area contributed by atoms with Gasteiger partial charge in [-0.05, 0) is 49.9 Å². The third-order valence-electron chi connectivity index (χ3n) is 4.28. The standard InChI is InChI=1S/C17H22N2O2/c1-11-9-13-14(18)5-4-6-15(13)19(11)16-8-7-12(20-2)10-17(16)21-3/h7-10,14H,4-6,18H2,1-3H3. The number of fused-ring (bicyclic) bond motifs is 1. The highest BCUT2D eigenvalue weighted by Crippen LogP contribution is 2.36. The molecule has 3 rings (SSSR count). The number of aromatic nitrogens is 1. The third kappa shape index (κ3) is 2.29. The Morgan fingerprint density at radius 2 is 2.00 bits per heavy atom. The average molecular weight is 286 g/mol. The molecule has 0 aliphatic heterocycles. The minimum absolute atomic E-state index is 0.151. The molecular formula is C17H22N2O2. The fraction of sp³-hybridized carbons (Fsp3) is 0.412. The topological polar surface area (TPSA) is 49.4 Å². The molecule has 0 saturated heterocycles. The summed E-state index contributed by atoms with van der Waals surface area (Å²) in [7, 11) is 3.35. The molecule has 1 aromatic carbocycles. The van der Waals surface area contributed by atoms with Gasteiger partial charge in [-0.3, -0.25) is 0 Å². The lowest BCUT2D eigenvalue weighted by Gasteiger charge is -2.22. The van der Waals surface area contributed by atoms with Gasteiger partial charge in [-0.1, -0.05) is 0 Å². The molecule has 4 nitrogen and oxygen atoms in total. The summed E-state index contributed by atoms with van der Waals surface area (Å²) in [5, 5.41) is 0. The molecule has 0 saturated carbocycles. The zero-order chi connectivity index (χ0) is 15.0. The molecule has 4 heteroatoms. The van der Waals surface area contributed by atoms with Crippen molar-refractivity contribution >= 4 is 0 Å². The molecule has 112 valence electrons. The van der Waals surface area contributed by atoms with Crippen LogP contribution in [0.25, 0.3) is 5.69 Å². The summed E-state index contributed by atoms with van der Waals surface area (Å²) in [4.78, 5) is 0. The maximum Gasteiger partial charge on any atom is 0.146 e. The number of hydrogen-bond donors (Lipinski definition) is 1. The van der Waals surface area contributed by atoms with E-state index in [1.165, 1.54) is 17.0 Å². The Kier molecular flexibility index (Phi) is 3.64. The molecule has 0 fully saturated rings. The molecule has 2 N–H and O–H groups in total. The Morgan fingerprint density at radius 3 is 2.71 bits per heavy atom. The van der Waals surface area contributed by atoms with Crippen LogP contribution in [0.4, 0.5) is 0 Å². The van der Waals surface area contributed by atoms with Crippen LogP contribution in [0.1, 0.15) is 35.8 Å². The van der Waals surface area contributed by atoms with Gasteiger partial charge in [-0.15, -0.1) is 0 Å². The lowest BCUT2D eigenvalue weighted by molar-refractivity contribution is 0.392. The number of rotatable bonds is 3. The number of hydrogen-bond acceptors (Lipinski definition) is 3. The molecule has 2 aromatic rings. The highest BCUT2D eigenvalue weighted by molar-refractivity contribution is 5.54. The molecule has 0 spiro atoms. The summed E-state index contributed by atoms with van der Waals surface area (Å²) in [5.41, 5.74) is 11.1. The minimum Gasteiger partial charge on any atom is -0.497 e. The van der Waals surface area contributed by atoms with Gasteiger partial charge in [-0.25, -0.2) is 0 Å². The van der Waals surface area contributed by atoms with Gasteiger partial charge in [0.05, 0.1) is 19.9 Å². The van der Waals surface area contributed by atoms with Gasteiger partial charge in [-0.2, -0.15) is 0 Å². The fourth-order valence-corrected chi connectivity index (χ4v) is 3.24. The van der Waals surface area contributed by atoms with Crippen LogP contribution in [0, 0.1) is 6.92 Å². The van der Waals surface area contributed by atoms with Crippen LogP contribution in [0.3, 0.4) is 0 Å². The van der Waals surface area contributed by atoms with Gasteiger partial charge in [0.15, 0.2) is 0 Å². The van der Waals surface area contributed by atoms with Gasteiger partial charge >= 0.3 is 0 Å². The molecule has 1 unspecified atom stereocenters. The van der Waals surface area contributed by atoms with E-state index in [4.69, 9.17) is 15.2 Å². The molecule has 1 heterocycles. The van der Waals surface area contributed by atoms with Crippen molar-refractivity contribution in [1.29, 1.82) is 0 Å². The van der Waals surface area contributed by atoms with Crippen LogP contribution in [0.5, 0.6) is 11.5 Å². The minimum atomic E-state index is 0.151. The molecule has 1 atom stereocenters. The first-order valence-electron chi connectivity index (χ1n) is 7.34. The Hall–Kier alpha value is -1.94. The van der Waals surface area contributed by atoms with E-state index in [0.29, 0.717) is 0 Å². The average Bonchev–Trinajstić information content (AvgIpc) is 2.84. The summed E-state index contributed by atoms with van der Waals surface area (Å²) in [5.74, 6) is 1.61. The normalized spacial score (nSPS) is 17.4. The van der Waals surface area contributed by atoms with Crippen molar-refractivity contribution in [2.45, 2.75) is 32.2 Å². The molecule has 1 aliphatic carbocycles. The Bertz CT molecular complexity index is 661. The summed E-state index contributed by atoms with van der Waals surface area (Å²) in [6.45, 7) is 2.12. The van der Waals surface area contributed by atoms with Gasteiger partial charge in [0.1, 0.15) is 11.5 Å². The number of nitrogens with two attached hydrogens (primary N) is 1. The Labute approximate surface area is 125 Å². The van der Waals surface area contributed by atoms with Gasteiger partial charge in [0.25, 0.3) is 0 Å². The molecule has 0 radical (unpaired) electrons. The maximum absolute atomic E-state index is 6.26. The quantitative estimate of drug-likeness (QED) is 0.943. The Morgan fingerprint density at radius 1 is 1.19 bits per heavy atom. The fourth-order valence-electron chi connectivity index (χ4n) is 3.24. The van der Waals surface area contributed by atoms with Crippen LogP contribution in [0.15, 0.2) is 24.3 Å². The number of nitrogens with zero attached hydrogens (tertiary/aromatic N) is 1.